The van der Waals surface area contributed by atoms with Gasteiger partial charge in [0.1, 0.15) is 4.21 Å². The number of amides is 1. The van der Waals surface area contributed by atoms with Crippen LogP contribution in [0.1, 0.15) is 25.7 Å². The van der Waals surface area contributed by atoms with Gasteiger partial charge in [0.25, 0.3) is 10.0 Å². The van der Waals surface area contributed by atoms with E-state index >= 15 is 0 Å². The third kappa shape index (κ3) is 3.93. The first-order valence-corrected chi connectivity index (χ1v) is 10.3. The maximum absolute atomic E-state index is 12.4. The molecule has 8 heteroatoms. The Morgan fingerprint density at radius 3 is 2.74 bits per heavy atom. The average molecular weight is 358 g/mol. The number of nitrogens with zero attached hydrogens (tertiary/aromatic N) is 1. The molecule has 0 saturated carbocycles. The predicted molar refractivity (Wildman–Crippen MR) is 87.8 cm³/mol. The van der Waals surface area contributed by atoms with E-state index in [0.717, 1.165) is 19.4 Å². The lowest BCUT2D eigenvalue weighted by molar-refractivity contribution is -0.126. The maximum atomic E-state index is 12.4. The maximum Gasteiger partial charge on any atom is 0.252 e. The third-order valence-electron chi connectivity index (χ3n) is 4.44. The topological polar surface area (TPSA) is 75.7 Å². The molecule has 0 unspecified atom stereocenters. The minimum Gasteiger partial charge on any atom is -0.376 e. The largest absolute Gasteiger partial charge is 0.376 e. The molecule has 3 rings (SSSR count). The molecule has 2 aliphatic heterocycles. The molecule has 0 aliphatic carbocycles. The Morgan fingerprint density at radius 2 is 2.13 bits per heavy atom. The minimum absolute atomic E-state index is 0.0219. The Kier molecular flexibility index (Phi) is 5.35. The number of rotatable bonds is 5. The highest BCUT2D eigenvalue weighted by Gasteiger charge is 2.32. The van der Waals surface area contributed by atoms with Crippen molar-refractivity contribution in [2.75, 3.05) is 26.2 Å². The molecule has 128 valence electrons. The van der Waals surface area contributed by atoms with Crippen LogP contribution in [-0.2, 0) is 19.6 Å². The molecule has 1 N–H and O–H groups in total. The Labute approximate surface area is 140 Å². The fourth-order valence-electron chi connectivity index (χ4n) is 3.06. The number of hydrogen-bond donors (Lipinski definition) is 1. The smallest absolute Gasteiger partial charge is 0.252 e. The number of nitrogens with one attached hydrogen (secondary N) is 1. The lowest BCUT2D eigenvalue weighted by Crippen LogP contribution is -2.44. The molecule has 1 aromatic rings. The second kappa shape index (κ2) is 7.29. The molecule has 0 bridgehead atoms. The van der Waals surface area contributed by atoms with Crippen LogP contribution < -0.4 is 5.32 Å². The molecule has 0 radical (unpaired) electrons. The molecule has 1 atom stereocenters. The SMILES string of the molecule is O=C(NC[C@@H]1CCCO1)C1CCN(S(=O)(=O)c2cccs2)CC1. The summed E-state index contributed by atoms with van der Waals surface area (Å²) in [7, 11) is -3.39. The van der Waals surface area contributed by atoms with E-state index in [2.05, 4.69) is 5.32 Å². The highest BCUT2D eigenvalue weighted by molar-refractivity contribution is 7.91. The van der Waals surface area contributed by atoms with Crippen molar-refractivity contribution in [2.45, 2.75) is 36.0 Å². The Bertz CT molecular complexity index is 616. The predicted octanol–water partition coefficient (Wildman–Crippen LogP) is 1.44. The molecule has 6 nitrogen and oxygen atoms in total. The summed E-state index contributed by atoms with van der Waals surface area (Å²) < 4.78 is 32.2. The van der Waals surface area contributed by atoms with E-state index in [4.69, 9.17) is 4.74 Å². The monoisotopic (exact) mass is 358 g/mol. The van der Waals surface area contributed by atoms with Crippen molar-refractivity contribution >= 4 is 27.3 Å². The molecule has 0 spiro atoms. The molecule has 0 aromatic carbocycles. The van der Waals surface area contributed by atoms with Gasteiger partial charge in [-0.3, -0.25) is 4.79 Å². The quantitative estimate of drug-likeness (QED) is 0.864. The van der Waals surface area contributed by atoms with Gasteiger partial charge >= 0.3 is 0 Å². The van der Waals surface area contributed by atoms with Gasteiger partial charge in [-0.05, 0) is 37.1 Å². The van der Waals surface area contributed by atoms with Gasteiger partial charge in [-0.25, -0.2) is 8.42 Å². The van der Waals surface area contributed by atoms with Gasteiger partial charge in [0.2, 0.25) is 5.91 Å². The lowest BCUT2D eigenvalue weighted by atomic mass is 9.97. The second-order valence-corrected chi connectivity index (χ2v) is 9.10. The average Bonchev–Trinajstić information content (AvgIpc) is 3.26. The van der Waals surface area contributed by atoms with Crippen molar-refractivity contribution in [3.63, 3.8) is 0 Å². The zero-order valence-electron chi connectivity index (χ0n) is 12.9. The molecular formula is C15H22N2O4S2. The van der Waals surface area contributed by atoms with Gasteiger partial charge < -0.3 is 10.1 Å². The first kappa shape index (κ1) is 16.9. The van der Waals surface area contributed by atoms with Crippen LogP contribution in [0.15, 0.2) is 21.7 Å². The number of ether oxygens (including phenoxy) is 1. The van der Waals surface area contributed by atoms with E-state index in [1.54, 1.807) is 17.5 Å². The Balaban J connectivity index is 1.49. The van der Waals surface area contributed by atoms with Gasteiger partial charge in [-0.15, -0.1) is 11.3 Å². The van der Waals surface area contributed by atoms with Crippen LogP contribution in [-0.4, -0.2) is 51.0 Å². The highest BCUT2D eigenvalue weighted by Crippen LogP contribution is 2.26. The summed E-state index contributed by atoms with van der Waals surface area (Å²) >= 11 is 1.23. The molecule has 1 aromatic heterocycles. The number of piperidine rings is 1. The van der Waals surface area contributed by atoms with Gasteiger partial charge in [0.05, 0.1) is 6.10 Å². The van der Waals surface area contributed by atoms with Crippen molar-refractivity contribution in [1.82, 2.24) is 9.62 Å². The van der Waals surface area contributed by atoms with Crippen LogP contribution in [0, 0.1) is 5.92 Å². The van der Waals surface area contributed by atoms with Crippen molar-refractivity contribution in [3.8, 4) is 0 Å². The minimum atomic E-state index is -3.39. The summed E-state index contributed by atoms with van der Waals surface area (Å²) in [5.74, 6) is -0.0835. The zero-order valence-corrected chi connectivity index (χ0v) is 14.6. The standard InChI is InChI=1S/C15H22N2O4S2/c18-15(16-11-13-3-1-9-21-13)12-5-7-17(8-6-12)23(19,20)14-4-2-10-22-14/h2,4,10,12-13H,1,3,5-9,11H2,(H,16,18)/t13-/m0/s1. The Morgan fingerprint density at radius 1 is 1.35 bits per heavy atom. The van der Waals surface area contributed by atoms with Crippen LogP contribution in [0.4, 0.5) is 0 Å². The van der Waals surface area contributed by atoms with Crippen LogP contribution in [0.5, 0.6) is 0 Å². The number of hydrogen-bond acceptors (Lipinski definition) is 5. The molecule has 2 fully saturated rings. The third-order valence-corrected chi connectivity index (χ3v) is 7.71. The van der Waals surface area contributed by atoms with Crippen LogP contribution in [0.3, 0.4) is 0 Å². The Hall–Kier alpha value is -0.960. The van der Waals surface area contributed by atoms with E-state index in [0.29, 0.717) is 36.7 Å². The van der Waals surface area contributed by atoms with E-state index < -0.39 is 10.0 Å². The first-order valence-electron chi connectivity index (χ1n) is 8.00. The summed E-state index contributed by atoms with van der Waals surface area (Å²) in [5, 5.41) is 4.71. The number of thiophene rings is 1. The first-order chi connectivity index (χ1) is 11.1. The second-order valence-electron chi connectivity index (χ2n) is 5.99. The molecule has 1 amide bonds. The fraction of sp³-hybridized carbons (Fsp3) is 0.667. The van der Waals surface area contributed by atoms with Crippen molar-refractivity contribution in [3.05, 3.63) is 17.5 Å². The van der Waals surface area contributed by atoms with E-state index in [1.165, 1.54) is 15.6 Å². The van der Waals surface area contributed by atoms with Crippen molar-refractivity contribution in [1.29, 1.82) is 0 Å². The fourth-order valence-corrected chi connectivity index (χ4v) is 5.67. The highest BCUT2D eigenvalue weighted by atomic mass is 32.2. The zero-order chi connectivity index (χ0) is 16.3. The summed E-state index contributed by atoms with van der Waals surface area (Å²) in [6, 6.07) is 3.36. The molecular weight excluding hydrogens is 336 g/mol. The number of carbonyl (C=O) groups excluding carboxylic acids is 1. The molecule has 2 aliphatic rings. The number of sulfonamides is 1. The summed E-state index contributed by atoms with van der Waals surface area (Å²) in [5.41, 5.74) is 0. The molecule has 23 heavy (non-hydrogen) atoms. The van der Waals surface area contributed by atoms with Gasteiger partial charge in [-0.2, -0.15) is 4.31 Å². The van der Waals surface area contributed by atoms with E-state index in [9.17, 15) is 13.2 Å². The van der Waals surface area contributed by atoms with Gasteiger partial charge in [-0.1, -0.05) is 6.07 Å². The van der Waals surface area contributed by atoms with E-state index in [-0.39, 0.29) is 17.9 Å². The van der Waals surface area contributed by atoms with Gasteiger partial charge in [0.15, 0.2) is 0 Å². The lowest BCUT2D eigenvalue weighted by Gasteiger charge is -2.30. The van der Waals surface area contributed by atoms with Crippen LogP contribution in [0.25, 0.3) is 0 Å². The normalized spacial score (nSPS) is 23.9. The molecule has 2 saturated heterocycles. The van der Waals surface area contributed by atoms with Crippen molar-refractivity contribution < 1.29 is 17.9 Å². The summed E-state index contributed by atoms with van der Waals surface area (Å²) in [6.45, 7) is 2.14. The van der Waals surface area contributed by atoms with Crippen molar-refractivity contribution in [2.24, 2.45) is 5.92 Å². The van der Waals surface area contributed by atoms with E-state index in [1.807, 2.05) is 0 Å². The van der Waals surface area contributed by atoms with Crippen LogP contribution >= 0.6 is 11.3 Å². The summed E-state index contributed by atoms with van der Waals surface area (Å²) in [6.07, 6.45) is 3.33. The number of carbonyl (C=O) groups is 1. The summed E-state index contributed by atoms with van der Waals surface area (Å²) in [4.78, 5) is 12.2. The molecule has 3 heterocycles. The van der Waals surface area contributed by atoms with Gasteiger partial charge in [0, 0.05) is 32.2 Å². The van der Waals surface area contributed by atoms with Crippen LogP contribution in [0.2, 0.25) is 0 Å².